The van der Waals surface area contributed by atoms with E-state index in [4.69, 9.17) is 9.47 Å². The fraction of sp³-hybridized carbons (Fsp3) is 1.00. The standard InChI is InChI=1S/C23H47O2Si/c1-4-7-8-9-10-11-12-13-14-15-16-17-18-19-20-21-22-23(26,24-5-2)25-6-3/h4-22H2,1-3H3. The minimum Gasteiger partial charge on any atom is -0.355 e. The number of hydrogen-bond donors (Lipinski definition) is 0. The summed E-state index contributed by atoms with van der Waals surface area (Å²) in [5, 5.41) is 0. The molecule has 0 aromatic heterocycles. The second kappa shape index (κ2) is 19.9. The van der Waals surface area contributed by atoms with Gasteiger partial charge in [0.15, 0.2) is 0 Å². The van der Waals surface area contributed by atoms with Gasteiger partial charge in [-0.3, -0.25) is 0 Å². The SMILES string of the molecule is CCCCCCCCCCCCCCCCCCC([Si])(OCC)OCC. The summed E-state index contributed by atoms with van der Waals surface area (Å²) >= 11 is 0. The molecule has 155 valence electrons. The van der Waals surface area contributed by atoms with Crippen LogP contribution < -0.4 is 0 Å². The van der Waals surface area contributed by atoms with Gasteiger partial charge < -0.3 is 9.47 Å². The molecule has 0 saturated heterocycles. The molecule has 26 heavy (non-hydrogen) atoms. The lowest BCUT2D eigenvalue weighted by Gasteiger charge is -2.29. The highest BCUT2D eigenvalue weighted by Crippen LogP contribution is 2.19. The van der Waals surface area contributed by atoms with E-state index in [2.05, 4.69) is 17.2 Å². The Morgan fingerprint density at radius 1 is 0.500 bits per heavy atom. The van der Waals surface area contributed by atoms with Gasteiger partial charge in [0.2, 0.25) is 0 Å². The van der Waals surface area contributed by atoms with E-state index >= 15 is 0 Å². The fourth-order valence-electron chi connectivity index (χ4n) is 3.56. The van der Waals surface area contributed by atoms with E-state index in [1.807, 2.05) is 13.8 Å². The second-order valence-electron chi connectivity index (χ2n) is 7.67. The number of ether oxygens (including phenoxy) is 2. The van der Waals surface area contributed by atoms with Crippen molar-refractivity contribution in [2.45, 2.75) is 135 Å². The molecule has 0 atom stereocenters. The van der Waals surface area contributed by atoms with Gasteiger partial charge in [-0.15, -0.1) is 0 Å². The first kappa shape index (κ1) is 26.1. The van der Waals surface area contributed by atoms with Gasteiger partial charge in [0.1, 0.15) is 15.7 Å². The summed E-state index contributed by atoms with van der Waals surface area (Å²) < 4.78 is 11.4. The van der Waals surface area contributed by atoms with Gasteiger partial charge in [-0.2, -0.15) is 0 Å². The normalized spacial score (nSPS) is 12.0. The summed E-state index contributed by atoms with van der Waals surface area (Å²) in [7, 11) is 3.66. The van der Waals surface area contributed by atoms with Crippen molar-refractivity contribution in [3.63, 3.8) is 0 Å². The van der Waals surface area contributed by atoms with Crippen LogP contribution in [0.2, 0.25) is 0 Å². The number of hydrogen-bond acceptors (Lipinski definition) is 2. The van der Waals surface area contributed by atoms with Crippen LogP contribution in [0.1, 0.15) is 130 Å². The molecule has 0 aliphatic heterocycles. The molecule has 0 aromatic carbocycles. The Hall–Kier alpha value is 0.137. The monoisotopic (exact) mass is 383 g/mol. The lowest BCUT2D eigenvalue weighted by molar-refractivity contribution is -0.177. The van der Waals surface area contributed by atoms with Crippen molar-refractivity contribution in [2.24, 2.45) is 0 Å². The van der Waals surface area contributed by atoms with E-state index in [1.54, 1.807) is 0 Å². The maximum atomic E-state index is 5.69. The van der Waals surface area contributed by atoms with Gasteiger partial charge in [-0.05, 0) is 26.7 Å². The molecular formula is C23H47O2Si. The Morgan fingerprint density at radius 3 is 1.12 bits per heavy atom. The largest absolute Gasteiger partial charge is 0.355 e. The first-order valence-electron chi connectivity index (χ1n) is 11.7. The molecule has 0 aliphatic carbocycles. The van der Waals surface area contributed by atoms with Crippen LogP contribution >= 0.6 is 0 Å². The Bertz CT molecular complexity index is 265. The first-order chi connectivity index (χ1) is 12.7. The molecule has 2 nitrogen and oxygen atoms in total. The van der Waals surface area contributed by atoms with Crippen molar-refractivity contribution in [3.05, 3.63) is 0 Å². The third kappa shape index (κ3) is 17.5. The van der Waals surface area contributed by atoms with Crippen molar-refractivity contribution in [2.75, 3.05) is 13.2 Å². The van der Waals surface area contributed by atoms with Gasteiger partial charge >= 0.3 is 0 Å². The molecule has 3 heteroatoms. The summed E-state index contributed by atoms with van der Waals surface area (Å²) in [6, 6.07) is 0. The van der Waals surface area contributed by atoms with Crippen LogP contribution in [0.3, 0.4) is 0 Å². The fourth-order valence-corrected chi connectivity index (χ4v) is 4.02. The zero-order valence-corrected chi connectivity index (χ0v) is 19.3. The molecule has 0 saturated carbocycles. The summed E-state index contributed by atoms with van der Waals surface area (Å²) in [6.45, 7) is 7.69. The highest BCUT2D eigenvalue weighted by Gasteiger charge is 2.23. The van der Waals surface area contributed by atoms with Crippen molar-refractivity contribution in [1.29, 1.82) is 0 Å². The van der Waals surface area contributed by atoms with E-state index in [0.29, 0.717) is 13.2 Å². The second-order valence-corrected chi connectivity index (χ2v) is 8.43. The molecule has 0 aromatic rings. The van der Waals surface area contributed by atoms with Crippen LogP contribution in [0.4, 0.5) is 0 Å². The molecule has 0 spiro atoms. The highest BCUT2D eigenvalue weighted by molar-refractivity contribution is 6.13. The molecule has 0 unspecified atom stereocenters. The lowest BCUT2D eigenvalue weighted by atomic mass is 10.0. The molecule has 3 radical (unpaired) electrons. The maximum absolute atomic E-state index is 5.69. The van der Waals surface area contributed by atoms with Gasteiger partial charge in [-0.1, -0.05) is 103 Å². The quantitative estimate of drug-likeness (QED) is 0.116. The van der Waals surface area contributed by atoms with Crippen molar-refractivity contribution in [1.82, 2.24) is 0 Å². The van der Waals surface area contributed by atoms with Crippen LogP contribution in [0.25, 0.3) is 0 Å². The topological polar surface area (TPSA) is 18.5 Å². The van der Waals surface area contributed by atoms with Gasteiger partial charge in [-0.25, -0.2) is 0 Å². The predicted molar refractivity (Wildman–Crippen MR) is 116 cm³/mol. The average molecular weight is 384 g/mol. The molecule has 0 fully saturated rings. The van der Waals surface area contributed by atoms with E-state index in [0.717, 1.165) is 6.42 Å². The Kier molecular flexibility index (Phi) is 20.0. The number of unbranched alkanes of at least 4 members (excludes halogenated alkanes) is 15. The zero-order valence-electron chi connectivity index (χ0n) is 18.3. The Morgan fingerprint density at radius 2 is 0.808 bits per heavy atom. The summed E-state index contributed by atoms with van der Waals surface area (Å²) in [5.74, 6) is 0. The van der Waals surface area contributed by atoms with Crippen molar-refractivity contribution >= 4 is 10.2 Å². The molecule has 0 bridgehead atoms. The smallest absolute Gasteiger partial charge is 0.144 e. The van der Waals surface area contributed by atoms with E-state index < -0.39 is 5.41 Å². The summed E-state index contributed by atoms with van der Waals surface area (Å²) in [4.78, 5) is 0. The molecule has 0 aliphatic rings. The molecule has 0 heterocycles. The van der Waals surface area contributed by atoms with Gasteiger partial charge in [0, 0.05) is 13.2 Å². The molecule has 0 amide bonds. The van der Waals surface area contributed by atoms with Gasteiger partial charge in [0.25, 0.3) is 0 Å². The summed E-state index contributed by atoms with van der Waals surface area (Å²) in [6.07, 6.45) is 23.4. The van der Waals surface area contributed by atoms with Crippen LogP contribution in [-0.2, 0) is 9.47 Å². The molecule has 0 rings (SSSR count). The zero-order chi connectivity index (χ0) is 19.3. The molecular weight excluding hydrogens is 336 g/mol. The molecule has 0 N–H and O–H groups in total. The minimum absolute atomic E-state index is 0.556. The van der Waals surface area contributed by atoms with Gasteiger partial charge in [0.05, 0.1) is 0 Å². The third-order valence-electron chi connectivity index (χ3n) is 5.11. The van der Waals surface area contributed by atoms with Crippen LogP contribution in [0.15, 0.2) is 0 Å². The summed E-state index contributed by atoms with van der Waals surface area (Å²) in [5.41, 5.74) is -0.556. The van der Waals surface area contributed by atoms with Crippen LogP contribution in [0, 0.1) is 0 Å². The van der Waals surface area contributed by atoms with E-state index in [1.165, 1.54) is 103 Å². The predicted octanol–water partition coefficient (Wildman–Crippen LogP) is 7.53. The highest BCUT2D eigenvalue weighted by atomic mass is 28.1. The first-order valence-corrected chi connectivity index (χ1v) is 12.2. The third-order valence-corrected chi connectivity index (χ3v) is 5.65. The Labute approximate surface area is 168 Å². The van der Waals surface area contributed by atoms with Crippen molar-refractivity contribution < 1.29 is 9.47 Å². The van der Waals surface area contributed by atoms with E-state index in [9.17, 15) is 0 Å². The van der Waals surface area contributed by atoms with Crippen LogP contribution in [-0.4, -0.2) is 28.9 Å². The van der Waals surface area contributed by atoms with Crippen molar-refractivity contribution in [3.8, 4) is 0 Å². The maximum Gasteiger partial charge on any atom is 0.144 e. The van der Waals surface area contributed by atoms with E-state index in [-0.39, 0.29) is 0 Å². The number of rotatable bonds is 21. The minimum atomic E-state index is -0.556. The lowest BCUT2D eigenvalue weighted by Crippen LogP contribution is -2.36. The average Bonchev–Trinajstić information content (AvgIpc) is 2.62. The Balaban J connectivity index is 3.26. The van der Waals surface area contributed by atoms with Crippen LogP contribution in [0.5, 0.6) is 0 Å².